The number of hydrogen-bond donors (Lipinski definition) is 3. The molecule has 0 aliphatic carbocycles. The monoisotopic (exact) mass is 160 g/mol. The number of rotatable bonds is 1. The van der Waals surface area contributed by atoms with Crippen LogP contribution in [0, 0.1) is 0 Å². The minimum atomic E-state index is -0.977. The van der Waals surface area contributed by atoms with E-state index in [0.29, 0.717) is 0 Å². The van der Waals surface area contributed by atoms with E-state index >= 15 is 0 Å². The van der Waals surface area contributed by atoms with Crippen molar-refractivity contribution < 1.29 is 20.1 Å². The molecule has 1 unspecified atom stereocenters. The highest BCUT2D eigenvalue weighted by atomic mass is 16.6. The highest BCUT2D eigenvalue weighted by Crippen LogP contribution is 2.27. The van der Waals surface area contributed by atoms with Crippen LogP contribution in [0.3, 0.4) is 0 Å². The standard InChI is InChI=1S/C6H13BO4/c1-6(7)5(10)4(9)3(2-8)11-6/h3-5,8-10H,2,7H2,1H3/t3-,4?,5+,6-/m1/s1. The molecule has 1 fully saturated rings. The Balaban J connectivity index is 2.69. The Labute approximate surface area is 66.2 Å². The summed E-state index contributed by atoms with van der Waals surface area (Å²) in [4.78, 5) is 0. The summed E-state index contributed by atoms with van der Waals surface area (Å²) in [5.74, 6) is 0. The highest BCUT2D eigenvalue weighted by Gasteiger charge is 2.47. The smallest absolute Gasteiger partial charge is 0.146 e. The lowest BCUT2D eigenvalue weighted by molar-refractivity contribution is -0.0333. The van der Waals surface area contributed by atoms with Crippen molar-refractivity contribution in [3.63, 3.8) is 0 Å². The van der Waals surface area contributed by atoms with Crippen LogP contribution < -0.4 is 0 Å². The Morgan fingerprint density at radius 2 is 2.09 bits per heavy atom. The molecule has 0 bridgehead atoms. The Hall–Kier alpha value is -0.0951. The van der Waals surface area contributed by atoms with Gasteiger partial charge in [-0.25, -0.2) is 0 Å². The molecule has 5 heteroatoms. The average molecular weight is 160 g/mol. The van der Waals surface area contributed by atoms with Gasteiger partial charge in [-0.1, -0.05) is 0 Å². The number of aliphatic hydroxyl groups is 3. The van der Waals surface area contributed by atoms with Crippen LogP contribution in [0.25, 0.3) is 0 Å². The third-order valence-corrected chi connectivity index (χ3v) is 2.05. The van der Waals surface area contributed by atoms with E-state index < -0.39 is 23.8 Å². The fraction of sp³-hybridized carbons (Fsp3) is 1.00. The summed E-state index contributed by atoms with van der Waals surface area (Å²) in [6.07, 6.45) is -2.55. The molecule has 0 aromatic carbocycles. The Morgan fingerprint density at radius 3 is 2.27 bits per heavy atom. The first-order valence-corrected chi connectivity index (χ1v) is 3.64. The molecule has 4 atom stereocenters. The van der Waals surface area contributed by atoms with Gasteiger partial charge in [0.05, 0.1) is 12.1 Å². The maximum atomic E-state index is 9.34. The van der Waals surface area contributed by atoms with Crippen molar-refractivity contribution in [1.82, 2.24) is 0 Å². The molecule has 64 valence electrons. The topological polar surface area (TPSA) is 69.9 Å². The lowest BCUT2D eigenvalue weighted by Gasteiger charge is -2.21. The molecule has 0 amide bonds. The van der Waals surface area contributed by atoms with E-state index in [4.69, 9.17) is 9.84 Å². The predicted molar refractivity (Wildman–Crippen MR) is 40.9 cm³/mol. The van der Waals surface area contributed by atoms with Crippen molar-refractivity contribution in [2.75, 3.05) is 6.61 Å². The van der Waals surface area contributed by atoms with Gasteiger partial charge >= 0.3 is 0 Å². The van der Waals surface area contributed by atoms with E-state index in [-0.39, 0.29) is 6.61 Å². The van der Waals surface area contributed by atoms with Gasteiger partial charge in [0.1, 0.15) is 26.2 Å². The summed E-state index contributed by atoms with van der Waals surface area (Å²) in [6.45, 7) is 1.41. The number of ether oxygens (including phenoxy) is 1. The quantitative estimate of drug-likeness (QED) is 0.369. The lowest BCUT2D eigenvalue weighted by atomic mass is 9.78. The molecule has 1 saturated heterocycles. The van der Waals surface area contributed by atoms with E-state index in [1.807, 2.05) is 0 Å². The van der Waals surface area contributed by atoms with Crippen molar-refractivity contribution >= 4 is 7.85 Å². The molecule has 0 aromatic heterocycles. The predicted octanol–water partition coefficient (Wildman–Crippen LogP) is -2.55. The van der Waals surface area contributed by atoms with Gasteiger partial charge in [-0.05, 0) is 6.92 Å². The van der Waals surface area contributed by atoms with Crippen LogP contribution in [-0.4, -0.2) is 53.6 Å². The zero-order chi connectivity index (χ0) is 8.65. The van der Waals surface area contributed by atoms with E-state index in [1.165, 1.54) is 0 Å². The van der Waals surface area contributed by atoms with Crippen LogP contribution in [0.2, 0.25) is 0 Å². The maximum Gasteiger partial charge on any atom is 0.146 e. The second-order valence-corrected chi connectivity index (χ2v) is 3.38. The summed E-state index contributed by atoms with van der Waals surface area (Å²) >= 11 is 0. The molecule has 0 radical (unpaired) electrons. The molecule has 0 spiro atoms. The summed E-state index contributed by atoms with van der Waals surface area (Å²) in [5.41, 5.74) is -0.757. The van der Waals surface area contributed by atoms with E-state index in [9.17, 15) is 10.2 Å². The van der Waals surface area contributed by atoms with Crippen LogP contribution in [0.5, 0.6) is 0 Å². The van der Waals surface area contributed by atoms with Crippen LogP contribution >= 0.6 is 0 Å². The van der Waals surface area contributed by atoms with Crippen molar-refractivity contribution in [1.29, 1.82) is 0 Å². The van der Waals surface area contributed by atoms with Crippen molar-refractivity contribution in [2.24, 2.45) is 0 Å². The first kappa shape index (κ1) is 9.00. The SMILES string of the molecule is B[C@]1(C)O[C@H](CO)C(O)[C@@H]1O. The minimum absolute atomic E-state index is 0.262. The fourth-order valence-electron chi connectivity index (χ4n) is 1.29. The lowest BCUT2D eigenvalue weighted by Crippen LogP contribution is -2.40. The Kier molecular flexibility index (Phi) is 2.25. The van der Waals surface area contributed by atoms with E-state index in [0.717, 1.165) is 0 Å². The van der Waals surface area contributed by atoms with Gasteiger partial charge in [-0.3, -0.25) is 0 Å². The van der Waals surface area contributed by atoms with Crippen molar-refractivity contribution in [3.8, 4) is 0 Å². The normalized spacial score (nSPS) is 51.5. The van der Waals surface area contributed by atoms with Crippen molar-refractivity contribution in [2.45, 2.75) is 30.7 Å². The molecule has 4 nitrogen and oxygen atoms in total. The fourth-order valence-corrected chi connectivity index (χ4v) is 1.29. The van der Waals surface area contributed by atoms with Crippen LogP contribution in [0.4, 0.5) is 0 Å². The summed E-state index contributed by atoms with van der Waals surface area (Å²) in [5, 5.41) is 27.3. The summed E-state index contributed by atoms with van der Waals surface area (Å²) in [7, 11) is 1.68. The van der Waals surface area contributed by atoms with Crippen LogP contribution in [0.1, 0.15) is 6.92 Å². The van der Waals surface area contributed by atoms with Gasteiger partial charge in [0.25, 0.3) is 0 Å². The average Bonchev–Trinajstić information content (AvgIpc) is 2.13. The largest absolute Gasteiger partial charge is 0.394 e. The van der Waals surface area contributed by atoms with Crippen molar-refractivity contribution in [3.05, 3.63) is 0 Å². The second-order valence-electron chi connectivity index (χ2n) is 3.38. The van der Waals surface area contributed by atoms with Gasteiger partial charge < -0.3 is 20.1 Å². The molecular formula is C6H13BO4. The third kappa shape index (κ3) is 1.42. The third-order valence-electron chi connectivity index (χ3n) is 2.05. The van der Waals surface area contributed by atoms with Gasteiger partial charge in [-0.15, -0.1) is 0 Å². The van der Waals surface area contributed by atoms with Crippen LogP contribution in [0.15, 0.2) is 0 Å². The zero-order valence-corrected chi connectivity index (χ0v) is 6.69. The van der Waals surface area contributed by atoms with Gasteiger partial charge in [0.2, 0.25) is 0 Å². The molecule has 0 saturated carbocycles. The molecule has 11 heavy (non-hydrogen) atoms. The zero-order valence-electron chi connectivity index (χ0n) is 6.69. The van der Waals surface area contributed by atoms with E-state index in [2.05, 4.69) is 0 Å². The second kappa shape index (κ2) is 2.75. The molecule has 3 N–H and O–H groups in total. The van der Waals surface area contributed by atoms with Gasteiger partial charge in [-0.2, -0.15) is 0 Å². The molecule has 1 aliphatic rings. The van der Waals surface area contributed by atoms with Crippen LogP contribution in [-0.2, 0) is 4.74 Å². The molecule has 0 aromatic rings. The molecular weight excluding hydrogens is 147 g/mol. The number of aliphatic hydroxyl groups excluding tert-OH is 3. The Bertz CT molecular complexity index is 150. The van der Waals surface area contributed by atoms with Gasteiger partial charge in [0.15, 0.2) is 0 Å². The minimum Gasteiger partial charge on any atom is -0.394 e. The first-order chi connectivity index (χ1) is 4.99. The summed E-state index contributed by atoms with van der Waals surface area (Å²) < 4.78 is 5.17. The van der Waals surface area contributed by atoms with Gasteiger partial charge in [0, 0.05) is 0 Å². The Morgan fingerprint density at radius 1 is 1.55 bits per heavy atom. The number of hydrogen-bond acceptors (Lipinski definition) is 4. The van der Waals surface area contributed by atoms with E-state index in [1.54, 1.807) is 14.8 Å². The maximum absolute atomic E-state index is 9.34. The molecule has 1 aliphatic heterocycles. The highest BCUT2D eigenvalue weighted by molar-refractivity contribution is 6.15. The molecule has 1 rings (SSSR count). The summed E-state index contributed by atoms with van der Waals surface area (Å²) in [6, 6.07) is 0. The molecule has 1 heterocycles. The first-order valence-electron chi connectivity index (χ1n) is 3.64.